The van der Waals surface area contributed by atoms with Crippen molar-refractivity contribution < 1.29 is 76.6 Å². The number of fused-ring (bicyclic) bond motifs is 8. The van der Waals surface area contributed by atoms with E-state index in [0.29, 0.717) is 101 Å². The molecule has 0 aromatic heterocycles. The van der Waals surface area contributed by atoms with Crippen molar-refractivity contribution in [3.63, 3.8) is 0 Å². The molecule has 86 heavy (non-hydrogen) atoms. The molecule has 1 aliphatic heterocycles. The summed E-state index contributed by atoms with van der Waals surface area (Å²) in [6.45, 7) is 12.9. The smallest absolute Gasteiger partial charge is 0.407 e. The number of carbonyl (C=O) groups is 7. The van der Waals surface area contributed by atoms with Gasteiger partial charge in [0.2, 0.25) is 17.6 Å². The van der Waals surface area contributed by atoms with Crippen molar-refractivity contribution >= 4 is 47.0 Å². The molecule has 0 spiro atoms. The zero-order chi connectivity index (χ0) is 61.4. The van der Waals surface area contributed by atoms with E-state index in [1.807, 2.05) is 26.8 Å². The number of aliphatic hydroxyl groups excluding tert-OH is 1. The summed E-state index contributed by atoms with van der Waals surface area (Å²) in [7, 11) is 0. The first-order valence-corrected chi connectivity index (χ1v) is 31.4. The van der Waals surface area contributed by atoms with Crippen LogP contribution in [-0.2, 0) is 57.1 Å². The van der Waals surface area contributed by atoms with Crippen LogP contribution in [0.1, 0.15) is 125 Å². The molecule has 7 N–H and O–H groups in total. The van der Waals surface area contributed by atoms with E-state index in [1.165, 1.54) is 0 Å². The Hall–Kier alpha value is -5.73. The molecule has 21 heteroatoms. The number of ketones is 3. The second-order valence-electron chi connectivity index (χ2n) is 25.1. The first-order chi connectivity index (χ1) is 41.4. The Labute approximate surface area is 506 Å². The second-order valence-corrected chi connectivity index (χ2v) is 25.1. The van der Waals surface area contributed by atoms with E-state index in [1.54, 1.807) is 36.4 Å². The Kier molecular flexibility index (Phi) is 23.8. The van der Waals surface area contributed by atoms with Crippen LogP contribution < -0.4 is 31.7 Å². The van der Waals surface area contributed by atoms with Crippen molar-refractivity contribution in [3.8, 4) is 17.6 Å². The minimum atomic E-state index is -1.35. The number of aliphatic hydroxyl groups is 1. The Morgan fingerprint density at radius 2 is 1.53 bits per heavy atom. The number of hydrogen-bond donors (Lipinski definition) is 6. The number of alkyl carbamates (subject to hydrolysis) is 1. The Bertz CT molecular complexity index is 2640. The van der Waals surface area contributed by atoms with Gasteiger partial charge in [0, 0.05) is 67.1 Å². The molecule has 1 saturated heterocycles. The third-order valence-electron chi connectivity index (χ3n) is 19.2. The van der Waals surface area contributed by atoms with Gasteiger partial charge in [-0.2, -0.15) is 0 Å². The van der Waals surface area contributed by atoms with E-state index in [9.17, 15) is 38.7 Å². The Morgan fingerprint density at radius 1 is 0.860 bits per heavy atom. The van der Waals surface area contributed by atoms with E-state index < -0.39 is 64.9 Å². The number of anilines is 1. The number of amides is 5. The zero-order valence-corrected chi connectivity index (χ0v) is 51.0. The van der Waals surface area contributed by atoms with Gasteiger partial charge in [-0.25, -0.2) is 9.59 Å². The molecule has 1 aromatic carbocycles. The fourth-order valence-electron chi connectivity index (χ4n) is 14.9. The fourth-order valence-corrected chi connectivity index (χ4v) is 14.9. The maximum absolute atomic E-state index is 14.9. The lowest BCUT2D eigenvalue weighted by molar-refractivity contribution is -0.200. The maximum atomic E-state index is 14.9. The molecule has 7 aliphatic rings. The molecule has 3 unspecified atom stereocenters. The molecule has 8 rings (SSSR count). The van der Waals surface area contributed by atoms with E-state index in [-0.39, 0.29) is 99.2 Å². The first-order valence-electron chi connectivity index (χ1n) is 31.4. The van der Waals surface area contributed by atoms with E-state index in [0.717, 1.165) is 50.5 Å². The molecule has 5 amide bonds. The number of primary amides is 1. The molecule has 474 valence electrons. The fraction of sp³-hybridized carbons (Fsp3) is 0.708. The lowest BCUT2D eigenvalue weighted by Crippen LogP contribution is -2.63. The molecule has 1 heterocycles. The molecule has 0 radical (unpaired) electrons. The number of benzene rings is 1. The average Bonchev–Trinajstić information content (AvgIpc) is 1.48. The van der Waals surface area contributed by atoms with Gasteiger partial charge in [0.25, 0.3) is 0 Å². The molecule has 5 fully saturated rings. The van der Waals surface area contributed by atoms with Crippen LogP contribution >= 0.6 is 0 Å². The molecule has 13 atom stereocenters. The summed E-state index contributed by atoms with van der Waals surface area (Å²) in [6.07, 6.45) is 11.3. The normalized spacial score (nSPS) is 30.0. The largest absolute Gasteiger partial charge is 0.486 e. The van der Waals surface area contributed by atoms with Gasteiger partial charge < -0.3 is 70.0 Å². The number of allylic oxidation sites excluding steroid dienone is 4. The van der Waals surface area contributed by atoms with Gasteiger partial charge in [0.1, 0.15) is 12.4 Å². The number of rotatable bonds is 34. The number of nitrogens with one attached hydrogen (secondary N) is 4. The van der Waals surface area contributed by atoms with Crippen molar-refractivity contribution in [3.05, 3.63) is 48.1 Å². The number of ether oxygens (including phenoxy) is 8. The summed E-state index contributed by atoms with van der Waals surface area (Å²) < 4.78 is 47.3. The van der Waals surface area contributed by atoms with Gasteiger partial charge in [-0.05, 0) is 130 Å². The van der Waals surface area contributed by atoms with Crippen LogP contribution in [0.3, 0.4) is 0 Å². The molecule has 21 nitrogen and oxygen atoms in total. The highest BCUT2D eigenvalue weighted by molar-refractivity contribution is 6.01. The molecule has 6 aliphatic carbocycles. The molecule has 1 aromatic rings. The number of carbonyl (C=O) groups excluding carboxylic acids is 7. The highest BCUT2D eigenvalue weighted by Crippen LogP contribution is 2.70. The molecule has 0 bridgehead atoms. The van der Waals surface area contributed by atoms with Crippen molar-refractivity contribution in [1.82, 2.24) is 16.0 Å². The highest BCUT2D eigenvalue weighted by atomic mass is 16.7. The van der Waals surface area contributed by atoms with Crippen LogP contribution in [0.4, 0.5) is 15.3 Å². The summed E-state index contributed by atoms with van der Waals surface area (Å²) in [5.74, 6) is 5.88. The Morgan fingerprint density at radius 3 is 2.20 bits per heavy atom. The average molecular weight is 1200 g/mol. The predicted molar refractivity (Wildman–Crippen MR) is 317 cm³/mol. The van der Waals surface area contributed by atoms with Gasteiger partial charge in [-0.1, -0.05) is 52.7 Å². The van der Waals surface area contributed by atoms with Crippen LogP contribution in [0, 0.1) is 70.0 Å². The number of hydrogen-bond acceptors (Lipinski definition) is 16. The van der Waals surface area contributed by atoms with Crippen molar-refractivity contribution in [2.24, 2.45) is 63.9 Å². The SMILES string of the molecule is CCCC1O[C@@H]2C[C@H]3[C@@H]4CCC5=CC(=O)C=C[C@]5(C)[C@H]4[C@@H](O)C[C@]3(C)[C@]2(C(=O)COc2ccc(NC(=O)[C@H](CCCNC(N)=O)CC(=O)[C@@H](NC(=O)CCOCCOCCOCCOCCNC(=O)OCC3C4CCC#CCCC43)C(C)C)cc2)O1. The lowest BCUT2D eigenvalue weighted by Gasteiger charge is -2.59. The zero-order valence-electron chi connectivity index (χ0n) is 51.0. The van der Waals surface area contributed by atoms with E-state index >= 15 is 0 Å². The van der Waals surface area contributed by atoms with E-state index in [4.69, 9.17) is 43.6 Å². The summed E-state index contributed by atoms with van der Waals surface area (Å²) >= 11 is 0. The van der Waals surface area contributed by atoms with Crippen LogP contribution in [0.15, 0.2) is 48.1 Å². The van der Waals surface area contributed by atoms with Crippen molar-refractivity contribution in [2.75, 3.05) is 84.5 Å². The van der Waals surface area contributed by atoms with Crippen LogP contribution in [0.2, 0.25) is 0 Å². The first kappa shape index (κ1) is 66.2. The molecular weight excluding hydrogens is 1110 g/mol. The number of Topliss-reactive ketones (excluding diaryl/α,β-unsaturated/α-hetero) is 2. The third kappa shape index (κ3) is 16.3. The highest BCUT2D eigenvalue weighted by Gasteiger charge is 2.76. The van der Waals surface area contributed by atoms with Crippen molar-refractivity contribution in [1.29, 1.82) is 0 Å². The van der Waals surface area contributed by atoms with Gasteiger partial charge >= 0.3 is 12.1 Å². The maximum Gasteiger partial charge on any atom is 0.407 e. The quantitative estimate of drug-likeness (QED) is 0.0316. The molecule has 4 saturated carbocycles. The Balaban J connectivity index is 0.732. The third-order valence-corrected chi connectivity index (χ3v) is 19.2. The lowest BCUT2D eigenvalue weighted by atomic mass is 9.46. The topological polar surface area (TPSA) is 288 Å². The summed E-state index contributed by atoms with van der Waals surface area (Å²) in [5, 5.41) is 23.1. The molecular formula is C65H93N5O16. The number of nitrogens with two attached hydrogens (primary N) is 1. The van der Waals surface area contributed by atoms with E-state index in [2.05, 4.69) is 47.0 Å². The summed E-state index contributed by atoms with van der Waals surface area (Å²) in [5.41, 5.74) is 4.18. The van der Waals surface area contributed by atoms with Crippen LogP contribution in [0.5, 0.6) is 5.75 Å². The van der Waals surface area contributed by atoms with Gasteiger partial charge in [0.05, 0.1) is 77.7 Å². The predicted octanol–water partition coefficient (Wildman–Crippen LogP) is 6.53. The van der Waals surface area contributed by atoms with Gasteiger partial charge in [0.15, 0.2) is 23.5 Å². The van der Waals surface area contributed by atoms with Crippen LogP contribution in [0.25, 0.3) is 0 Å². The van der Waals surface area contributed by atoms with Crippen LogP contribution in [-0.4, -0.2) is 156 Å². The summed E-state index contributed by atoms with van der Waals surface area (Å²) in [6, 6.07) is 4.98. The number of urea groups is 1. The standard InChI is InChI=1S/C65H93N5O16/c1-6-12-57-85-55-37-51-49-21-16-43-36-45(71)22-24-63(43,4)58(49)53(73)38-64(51,5)65(55,86-57)54(74)40-83-46-19-17-44(18-20-46)69-60(76)42(13-11-25-67-61(66)77)35-52(72)59(41(2)3)70-56(75)23-27-79-29-31-81-33-34-82-32-30-80-28-26-68-62(78)84-39-50-47-14-9-7-8-10-15-48(47)50/h17-20,22,24,36,41-42,47-51,53,55,57-59,73H,6,9-16,21,23,25-35,37-40H2,1-5H3,(H,68,78)(H,69,76)(H,70,75)(H3,66,67,77)/t42-,47?,48?,49+,50?,51+,53+,55-,57?,58-,59+,63+,64+,65-/m1/s1. The minimum Gasteiger partial charge on any atom is -0.486 e. The minimum absolute atomic E-state index is 0.000247. The van der Waals surface area contributed by atoms with Gasteiger partial charge in [-0.15, -0.1) is 11.8 Å². The van der Waals surface area contributed by atoms with Crippen molar-refractivity contribution in [2.45, 2.75) is 155 Å². The summed E-state index contributed by atoms with van der Waals surface area (Å²) in [4.78, 5) is 91.7. The van der Waals surface area contributed by atoms with Gasteiger partial charge in [-0.3, -0.25) is 24.0 Å². The monoisotopic (exact) mass is 1200 g/mol. The second kappa shape index (κ2) is 30.9.